The van der Waals surface area contributed by atoms with E-state index in [-0.39, 0.29) is 6.42 Å². The summed E-state index contributed by atoms with van der Waals surface area (Å²) < 4.78 is 0. The maximum absolute atomic E-state index is 12.0. The predicted molar refractivity (Wildman–Crippen MR) is 101 cm³/mol. The van der Waals surface area contributed by atoms with Crippen LogP contribution >= 0.6 is 0 Å². The number of urea groups is 1. The summed E-state index contributed by atoms with van der Waals surface area (Å²) in [4.78, 5) is 23.6. The first kappa shape index (κ1) is 17.5. The Morgan fingerprint density at radius 3 is 2.27 bits per heavy atom. The van der Waals surface area contributed by atoms with Gasteiger partial charge in [-0.25, -0.2) is 9.59 Å². The number of hydrogen-bond acceptors (Lipinski definition) is 2. The van der Waals surface area contributed by atoms with Gasteiger partial charge in [0.05, 0.1) is 0 Å². The number of rotatable bonds is 6. The number of hydrogen-bond donors (Lipinski definition) is 3. The van der Waals surface area contributed by atoms with Crippen molar-refractivity contribution in [3.63, 3.8) is 0 Å². The minimum atomic E-state index is -1.06. The zero-order valence-corrected chi connectivity index (χ0v) is 14.2. The first-order valence-electron chi connectivity index (χ1n) is 8.40. The summed E-state index contributed by atoms with van der Waals surface area (Å²) >= 11 is 0. The normalized spacial score (nSPS) is 11.7. The molecule has 3 aromatic rings. The van der Waals surface area contributed by atoms with E-state index in [1.165, 1.54) is 0 Å². The average molecular weight is 348 g/mol. The molecule has 0 bridgehead atoms. The minimum Gasteiger partial charge on any atom is -0.480 e. The molecule has 0 fully saturated rings. The largest absolute Gasteiger partial charge is 0.480 e. The van der Waals surface area contributed by atoms with Crippen LogP contribution in [-0.2, 0) is 17.8 Å². The number of amides is 2. The van der Waals surface area contributed by atoms with Crippen molar-refractivity contribution in [1.82, 2.24) is 10.6 Å². The fourth-order valence-electron chi connectivity index (χ4n) is 2.79. The van der Waals surface area contributed by atoms with Gasteiger partial charge in [-0.15, -0.1) is 0 Å². The van der Waals surface area contributed by atoms with Crippen molar-refractivity contribution >= 4 is 22.8 Å². The SMILES string of the molecule is O=C(NCc1ccccc1)N[C@@H](Cc1ccc2ccccc2c1)C(=O)O. The molecule has 2 amide bonds. The Morgan fingerprint density at radius 2 is 1.54 bits per heavy atom. The molecule has 1 atom stereocenters. The van der Waals surface area contributed by atoms with Gasteiger partial charge in [-0.1, -0.05) is 72.8 Å². The second-order valence-electron chi connectivity index (χ2n) is 6.09. The molecule has 3 aromatic carbocycles. The van der Waals surface area contributed by atoms with Crippen LogP contribution in [0.1, 0.15) is 11.1 Å². The molecule has 5 heteroatoms. The number of nitrogens with one attached hydrogen (secondary N) is 2. The molecule has 0 saturated heterocycles. The first-order valence-corrected chi connectivity index (χ1v) is 8.40. The van der Waals surface area contributed by atoms with Gasteiger partial charge in [0.15, 0.2) is 0 Å². The molecule has 0 aliphatic carbocycles. The zero-order valence-electron chi connectivity index (χ0n) is 14.2. The molecule has 0 spiro atoms. The Balaban J connectivity index is 1.62. The number of carboxylic acid groups (broad SMARTS) is 1. The molecule has 5 nitrogen and oxygen atoms in total. The number of carbonyl (C=O) groups excluding carboxylic acids is 1. The number of carboxylic acids is 1. The molecule has 3 N–H and O–H groups in total. The van der Waals surface area contributed by atoms with Crippen LogP contribution in [0.3, 0.4) is 0 Å². The van der Waals surface area contributed by atoms with Crippen LogP contribution < -0.4 is 10.6 Å². The van der Waals surface area contributed by atoms with E-state index < -0.39 is 18.0 Å². The fourth-order valence-corrected chi connectivity index (χ4v) is 2.79. The van der Waals surface area contributed by atoms with Gasteiger partial charge in [0.2, 0.25) is 0 Å². The highest BCUT2D eigenvalue weighted by molar-refractivity contribution is 5.84. The van der Waals surface area contributed by atoms with Crippen molar-refractivity contribution in [2.24, 2.45) is 0 Å². The molecule has 0 aliphatic rings. The lowest BCUT2D eigenvalue weighted by Crippen LogP contribution is -2.46. The summed E-state index contributed by atoms with van der Waals surface area (Å²) in [6, 6.07) is 21.6. The molecule has 0 heterocycles. The Kier molecular flexibility index (Phi) is 5.49. The van der Waals surface area contributed by atoms with Gasteiger partial charge >= 0.3 is 12.0 Å². The van der Waals surface area contributed by atoms with E-state index in [0.29, 0.717) is 6.54 Å². The van der Waals surface area contributed by atoms with Crippen molar-refractivity contribution in [1.29, 1.82) is 0 Å². The van der Waals surface area contributed by atoms with E-state index in [9.17, 15) is 14.7 Å². The van der Waals surface area contributed by atoms with Gasteiger partial charge < -0.3 is 15.7 Å². The number of aliphatic carboxylic acids is 1. The number of benzene rings is 3. The summed E-state index contributed by atoms with van der Waals surface area (Å²) in [6.45, 7) is 0.342. The lowest BCUT2D eigenvalue weighted by atomic mass is 10.0. The second kappa shape index (κ2) is 8.16. The maximum Gasteiger partial charge on any atom is 0.326 e. The van der Waals surface area contributed by atoms with E-state index in [1.807, 2.05) is 72.8 Å². The Hall–Kier alpha value is -3.34. The lowest BCUT2D eigenvalue weighted by molar-refractivity contribution is -0.139. The molecule has 3 rings (SSSR count). The zero-order chi connectivity index (χ0) is 18.4. The third-order valence-corrected chi connectivity index (χ3v) is 4.15. The highest BCUT2D eigenvalue weighted by Gasteiger charge is 2.20. The summed E-state index contributed by atoms with van der Waals surface area (Å²) in [6.07, 6.45) is 0.221. The first-order chi connectivity index (χ1) is 12.6. The topological polar surface area (TPSA) is 78.4 Å². The van der Waals surface area contributed by atoms with Gasteiger partial charge in [-0.2, -0.15) is 0 Å². The highest BCUT2D eigenvalue weighted by Crippen LogP contribution is 2.16. The van der Waals surface area contributed by atoms with Crippen LogP contribution in [0.5, 0.6) is 0 Å². The summed E-state index contributed by atoms with van der Waals surface area (Å²) in [5.41, 5.74) is 1.81. The maximum atomic E-state index is 12.0. The van der Waals surface area contributed by atoms with E-state index >= 15 is 0 Å². The molecule has 0 aromatic heterocycles. The second-order valence-corrected chi connectivity index (χ2v) is 6.09. The summed E-state index contributed by atoms with van der Waals surface area (Å²) in [5.74, 6) is -1.06. The molecule has 0 radical (unpaired) electrons. The average Bonchev–Trinajstić information content (AvgIpc) is 2.66. The van der Waals surface area contributed by atoms with Crippen molar-refractivity contribution < 1.29 is 14.7 Å². The van der Waals surface area contributed by atoms with Crippen molar-refractivity contribution in [3.05, 3.63) is 83.9 Å². The van der Waals surface area contributed by atoms with Gasteiger partial charge in [0, 0.05) is 13.0 Å². The van der Waals surface area contributed by atoms with E-state index in [2.05, 4.69) is 10.6 Å². The van der Waals surface area contributed by atoms with Gasteiger partial charge in [0.1, 0.15) is 6.04 Å². The molecule has 0 unspecified atom stereocenters. The fraction of sp³-hybridized carbons (Fsp3) is 0.143. The van der Waals surface area contributed by atoms with Crippen LogP contribution in [0.4, 0.5) is 4.79 Å². The number of carbonyl (C=O) groups is 2. The van der Waals surface area contributed by atoms with E-state index in [0.717, 1.165) is 21.9 Å². The molecule has 132 valence electrons. The monoisotopic (exact) mass is 348 g/mol. The Labute approximate surface area is 151 Å². The van der Waals surface area contributed by atoms with Crippen LogP contribution in [0.2, 0.25) is 0 Å². The Bertz CT molecular complexity index is 909. The van der Waals surface area contributed by atoms with Crippen LogP contribution in [0.15, 0.2) is 72.8 Å². The summed E-state index contributed by atoms with van der Waals surface area (Å²) in [7, 11) is 0. The molecular weight excluding hydrogens is 328 g/mol. The van der Waals surface area contributed by atoms with Crippen LogP contribution in [0, 0.1) is 0 Å². The molecule has 0 aliphatic heterocycles. The van der Waals surface area contributed by atoms with E-state index in [1.54, 1.807) is 0 Å². The van der Waals surface area contributed by atoms with Gasteiger partial charge in [-0.3, -0.25) is 0 Å². The Morgan fingerprint density at radius 1 is 0.846 bits per heavy atom. The van der Waals surface area contributed by atoms with Crippen molar-refractivity contribution in [2.75, 3.05) is 0 Å². The smallest absolute Gasteiger partial charge is 0.326 e. The lowest BCUT2D eigenvalue weighted by Gasteiger charge is -2.16. The predicted octanol–water partition coefficient (Wildman–Crippen LogP) is 3.33. The van der Waals surface area contributed by atoms with Crippen molar-refractivity contribution in [3.8, 4) is 0 Å². The number of fused-ring (bicyclic) bond motifs is 1. The van der Waals surface area contributed by atoms with Crippen molar-refractivity contribution in [2.45, 2.75) is 19.0 Å². The quantitative estimate of drug-likeness (QED) is 0.639. The third kappa shape index (κ3) is 4.60. The third-order valence-electron chi connectivity index (χ3n) is 4.15. The standard InChI is InChI=1S/C21H20N2O3/c24-20(25)19(23-21(26)22-14-15-6-2-1-3-7-15)13-16-10-11-17-8-4-5-9-18(17)12-16/h1-12,19H,13-14H2,(H,24,25)(H2,22,23,26)/t19-/m0/s1. The van der Waals surface area contributed by atoms with E-state index in [4.69, 9.17) is 0 Å². The summed E-state index contributed by atoms with van der Waals surface area (Å²) in [5, 5.41) is 16.8. The highest BCUT2D eigenvalue weighted by atomic mass is 16.4. The minimum absolute atomic E-state index is 0.221. The van der Waals surface area contributed by atoms with Gasteiger partial charge in [-0.05, 0) is 21.9 Å². The van der Waals surface area contributed by atoms with Crippen LogP contribution in [0.25, 0.3) is 10.8 Å². The molecular formula is C21H20N2O3. The molecule has 26 heavy (non-hydrogen) atoms. The van der Waals surface area contributed by atoms with Crippen LogP contribution in [-0.4, -0.2) is 23.1 Å². The molecule has 0 saturated carbocycles. The van der Waals surface area contributed by atoms with Gasteiger partial charge in [0.25, 0.3) is 0 Å².